The van der Waals surface area contributed by atoms with Crippen LogP contribution in [0, 0.1) is 11.8 Å². The molecule has 3 N–H and O–H groups in total. The minimum absolute atomic E-state index is 0. The number of benzene rings is 1. The highest BCUT2D eigenvalue weighted by atomic mass is 35.5. The topological polar surface area (TPSA) is 70.2 Å². The van der Waals surface area contributed by atoms with E-state index < -0.39 is 0 Å². The van der Waals surface area contributed by atoms with E-state index in [0.717, 1.165) is 19.5 Å². The molecule has 1 heterocycles. The molecule has 2 amide bonds. The van der Waals surface area contributed by atoms with E-state index in [-0.39, 0.29) is 24.2 Å². The van der Waals surface area contributed by atoms with Crippen molar-refractivity contribution in [2.45, 2.75) is 39.5 Å². The highest BCUT2D eigenvalue weighted by Crippen LogP contribution is 2.24. The smallest absolute Gasteiger partial charge is 0.252 e. The second-order valence-corrected chi connectivity index (χ2v) is 7.19. The number of carbonyl (C=O) groups is 2. The van der Waals surface area contributed by atoms with Gasteiger partial charge in [0.1, 0.15) is 0 Å². The van der Waals surface area contributed by atoms with Gasteiger partial charge in [0, 0.05) is 18.7 Å². The molecular formula is C19H29Cl2N3O2. The van der Waals surface area contributed by atoms with Crippen molar-refractivity contribution in [1.82, 2.24) is 10.6 Å². The van der Waals surface area contributed by atoms with Crippen LogP contribution in [-0.2, 0) is 4.79 Å². The molecule has 0 bridgehead atoms. The molecule has 0 radical (unpaired) electrons. The molecule has 5 nitrogen and oxygen atoms in total. The first-order valence-electron chi connectivity index (χ1n) is 9.09. The number of hydrogen-bond acceptors (Lipinski definition) is 3. The molecule has 146 valence electrons. The van der Waals surface area contributed by atoms with Gasteiger partial charge in [-0.1, -0.05) is 25.4 Å². The Kier molecular flexibility index (Phi) is 9.99. The number of carbonyl (C=O) groups excluding carboxylic acids is 2. The summed E-state index contributed by atoms with van der Waals surface area (Å²) in [6.07, 6.45) is 3.71. The maximum Gasteiger partial charge on any atom is 0.252 e. The van der Waals surface area contributed by atoms with Gasteiger partial charge in [0.05, 0.1) is 10.6 Å². The zero-order chi connectivity index (χ0) is 18.2. The van der Waals surface area contributed by atoms with Gasteiger partial charge < -0.3 is 16.0 Å². The van der Waals surface area contributed by atoms with Gasteiger partial charge >= 0.3 is 0 Å². The monoisotopic (exact) mass is 401 g/mol. The minimum Gasteiger partial charge on any atom is -0.352 e. The van der Waals surface area contributed by atoms with Gasteiger partial charge in [-0.2, -0.15) is 0 Å². The summed E-state index contributed by atoms with van der Waals surface area (Å²) in [6.45, 7) is 6.80. The number of piperidine rings is 1. The van der Waals surface area contributed by atoms with Crippen molar-refractivity contribution in [3.63, 3.8) is 0 Å². The summed E-state index contributed by atoms with van der Waals surface area (Å²) in [7, 11) is 0. The Hall–Kier alpha value is -1.30. The van der Waals surface area contributed by atoms with E-state index in [0.29, 0.717) is 41.1 Å². The van der Waals surface area contributed by atoms with Crippen molar-refractivity contribution in [2.75, 3.05) is 25.0 Å². The van der Waals surface area contributed by atoms with Gasteiger partial charge in [-0.05, 0) is 62.4 Å². The van der Waals surface area contributed by atoms with Gasteiger partial charge in [-0.3, -0.25) is 9.59 Å². The molecule has 1 aromatic carbocycles. The second kappa shape index (κ2) is 11.4. The molecule has 2 rings (SSSR count). The predicted octanol–water partition coefficient (Wildman–Crippen LogP) is 3.87. The van der Waals surface area contributed by atoms with E-state index in [4.69, 9.17) is 11.6 Å². The summed E-state index contributed by atoms with van der Waals surface area (Å²) in [5.74, 6) is 0.676. The molecule has 2 unspecified atom stereocenters. The molecule has 0 aliphatic carbocycles. The zero-order valence-corrected chi connectivity index (χ0v) is 17.0. The van der Waals surface area contributed by atoms with Gasteiger partial charge in [0.2, 0.25) is 5.91 Å². The third-order valence-electron chi connectivity index (χ3n) is 4.68. The van der Waals surface area contributed by atoms with Crippen LogP contribution in [0.1, 0.15) is 49.9 Å². The van der Waals surface area contributed by atoms with Crippen molar-refractivity contribution in [2.24, 2.45) is 11.8 Å². The van der Waals surface area contributed by atoms with Crippen LogP contribution < -0.4 is 16.0 Å². The third-order valence-corrected chi connectivity index (χ3v) is 4.99. The van der Waals surface area contributed by atoms with Crippen molar-refractivity contribution in [3.05, 3.63) is 28.8 Å². The van der Waals surface area contributed by atoms with Gasteiger partial charge in [-0.15, -0.1) is 12.4 Å². The first-order valence-corrected chi connectivity index (χ1v) is 9.47. The van der Waals surface area contributed by atoms with E-state index in [2.05, 4.69) is 22.9 Å². The SMILES string of the molecule is CCCNC(=O)c1ccc(NC(=O)CC(C)C2CCCNC2)cc1Cl.Cl. The lowest BCUT2D eigenvalue weighted by molar-refractivity contribution is -0.117. The minimum atomic E-state index is -0.192. The van der Waals surface area contributed by atoms with E-state index in [1.165, 1.54) is 12.8 Å². The summed E-state index contributed by atoms with van der Waals surface area (Å²) in [6, 6.07) is 5.00. The number of hydrogen-bond donors (Lipinski definition) is 3. The van der Waals surface area contributed by atoms with E-state index >= 15 is 0 Å². The molecule has 0 saturated carbocycles. The largest absolute Gasteiger partial charge is 0.352 e. The quantitative estimate of drug-likeness (QED) is 0.649. The molecule has 1 aliphatic heterocycles. The molecule has 1 fully saturated rings. The number of rotatable bonds is 7. The van der Waals surface area contributed by atoms with Crippen LogP contribution >= 0.6 is 24.0 Å². The summed E-state index contributed by atoms with van der Waals surface area (Å²) >= 11 is 6.19. The number of halogens is 2. The standard InChI is InChI=1S/C19H28ClN3O2.ClH/c1-3-8-22-19(25)16-7-6-15(11-17(16)20)23-18(24)10-13(2)14-5-4-9-21-12-14;/h6-7,11,13-14,21H,3-5,8-10,12H2,1-2H3,(H,22,25)(H,23,24);1H. The molecule has 7 heteroatoms. The Morgan fingerprint density at radius 2 is 2.15 bits per heavy atom. The van der Waals surface area contributed by atoms with Crippen molar-refractivity contribution < 1.29 is 9.59 Å². The van der Waals surface area contributed by atoms with Gasteiger partial charge in [0.25, 0.3) is 5.91 Å². The summed E-state index contributed by atoms with van der Waals surface area (Å²) in [5.41, 5.74) is 1.05. The molecule has 2 atom stereocenters. The summed E-state index contributed by atoms with van der Waals surface area (Å²) < 4.78 is 0. The zero-order valence-electron chi connectivity index (χ0n) is 15.4. The van der Waals surface area contributed by atoms with Crippen LogP contribution in [0.25, 0.3) is 0 Å². The fraction of sp³-hybridized carbons (Fsp3) is 0.579. The Balaban J connectivity index is 0.00000338. The van der Waals surface area contributed by atoms with Crippen LogP contribution in [0.3, 0.4) is 0 Å². The highest BCUT2D eigenvalue weighted by Gasteiger charge is 2.22. The fourth-order valence-corrected chi connectivity index (χ4v) is 3.41. The molecule has 26 heavy (non-hydrogen) atoms. The van der Waals surface area contributed by atoms with Crippen LogP contribution in [0.15, 0.2) is 18.2 Å². The normalized spacial score (nSPS) is 17.7. The molecule has 1 aliphatic rings. The van der Waals surface area contributed by atoms with Crippen molar-refractivity contribution >= 4 is 41.5 Å². The second-order valence-electron chi connectivity index (χ2n) is 6.79. The number of nitrogens with one attached hydrogen (secondary N) is 3. The van der Waals surface area contributed by atoms with Crippen LogP contribution in [0.2, 0.25) is 5.02 Å². The Labute approximate surface area is 167 Å². The first-order chi connectivity index (χ1) is 12.0. The van der Waals surface area contributed by atoms with Crippen LogP contribution in [-0.4, -0.2) is 31.4 Å². The predicted molar refractivity (Wildman–Crippen MR) is 109 cm³/mol. The maximum absolute atomic E-state index is 12.3. The van der Waals surface area contributed by atoms with Gasteiger partial charge in [-0.25, -0.2) is 0 Å². The number of anilines is 1. The molecule has 0 spiro atoms. The Morgan fingerprint density at radius 1 is 1.38 bits per heavy atom. The third kappa shape index (κ3) is 6.78. The van der Waals surface area contributed by atoms with Crippen LogP contribution in [0.4, 0.5) is 5.69 Å². The van der Waals surface area contributed by atoms with Crippen molar-refractivity contribution in [3.8, 4) is 0 Å². The molecule has 1 saturated heterocycles. The summed E-state index contributed by atoms with van der Waals surface area (Å²) in [4.78, 5) is 24.3. The lowest BCUT2D eigenvalue weighted by Crippen LogP contribution is -2.34. The average Bonchev–Trinajstić information content (AvgIpc) is 2.60. The number of amides is 2. The van der Waals surface area contributed by atoms with E-state index in [9.17, 15) is 9.59 Å². The lowest BCUT2D eigenvalue weighted by Gasteiger charge is -2.28. The summed E-state index contributed by atoms with van der Waals surface area (Å²) in [5, 5.41) is 9.42. The molecule has 0 aromatic heterocycles. The van der Waals surface area contributed by atoms with Crippen molar-refractivity contribution in [1.29, 1.82) is 0 Å². The lowest BCUT2D eigenvalue weighted by atomic mass is 9.85. The first kappa shape index (κ1) is 22.7. The van der Waals surface area contributed by atoms with Gasteiger partial charge in [0.15, 0.2) is 0 Å². The maximum atomic E-state index is 12.3. The molecule has 1 aromatic rings. The Morgan fingerprint density at radius 3 is 2.77 bits per heavy atom. The van der Waals surface area contributed by atoms with E-state index in [1.54, 1.807) is 18.2 Å². The highest BCUT2D eigenvalue weighted by molar-refractivity contribution is 6.34. The van der Waals surface area contributed by atoms with E-state index in [1.807, 2.05) is 6.92 Å². The molecular weight excluding hydrogens is 373 g/mol. The fourth-order valence-electron chi connectivity index (χ4n) is 3.15. The average molecular weight is 402 g/mol. The van der Waals surface area contributed by atoms with Crippen LogP contribution in [0.5, 0.6) is 0 Å². The Bertz CT molecular complexity index is 604.